The van der Waals surface area contributed by atoms with E-state index in [0.717, 1.165) is 13.1 Å². The Bertz CT molecular complexity index is 190. The maximum atomic E-state index is 11.6. The lowest BCUT2D eigenvalue weighted by Gasteiger charge is -2.25. The van der Waals surface area contributed by atoms with Crippen molar-refractivity contribution in [1.29, 1.82) is 0 Å². The SMILES string of the molecule is CC(C)CN(CC(=O)OC(C)C)CC(C)C. The molecule has 3 heteroatoms. The Hall–Kier alpha value is -0.570. The molecule has 0 atom stereocenters. The monoisotopic (exact) mass is 229 g/mol. The minimum absolute atomic E-state index is 0.0209. The molecule has 0 unspecified atom stereocenters. The summed E-state index contributed by atoms with van der Waals surface area (Å²) in [5.74, 6) is 1.03. The van der Waals surface area contributed by atoms with Gasteiger partial charge in [0.15, 0.2) is 0 Å². The third-order valence-electron chi connectivity index (χ3n) is 1.97. The zero-order valence-electron chi connectivity index (χ0n) is 11.6. The molecule has 0 amide bonds. The fraction of sp³-hybridized carbons (Fsp3) is 0.923. The van der Waals surface area contributed by atoms with Crippen LogP contribution in [0.3, 0.4) is 0 Å². The highest BCUT2D eigenvalue weighted by molar-refractivity contribution is 5.71. The highest BCUT2D eigenvalue weighted by Crippen LogP contribution is 2.04. The van der Waals surface area contributed by atoms with Crippen LogP contribution in [-0.4, -0.2) is 36.6 Å². The molecule has 16 heavy (non-hydrogen) atoms. The van der Waals surface area contributed by atoms with Crippen LogP contribution in [0.4, 0.5) is 0 Å². The van der Waals surface area contributed by atoms with E-state index >= 15 is 0 Å². The van der Waals surface area contributed by atoms with Crippen LogP contribution in [0.15, 0.2) is 0 Å². The molecule has 0 spiro atoms. The van der Waals surface area contributed by atoms with Crippen molar-refractivity contribution in [3.05, 3.63) is 0 Å². The lowest BCUT2D eigenvalue weighted by atomic mass is 10.1. The van der Waals surface area contributed by atoms with Crippen molar-refractivity contribution in [2.24, 2.45) is 11.8 Å². The van der Waals surface area contributed by atoms with Gasteiger partial charge in [-0.05, 0) is 25.7 Å². The smallest absolute Gasteiger partial charge is 0.320 e. The van der Waals surface area contributed by atoms with E-state index in [-0.39, 0.29) is 12.1 Å². The number of carbonyl (C=O) groups excluding carboxylic acids is 1. The maximum absolute atomic E-state index is 11.6. The van der Waals surface area contributed by atoms with Crippen LogP contribution in [0.5, 0.6) is 0 Å². The van der Waals surface area contributed by atoms with Gasteiger partial charge >= 0.3 is 5.97 Å². The fourth-order valence-corrected chi connectivity index (χ4v) is 1.72. The van der Waals surface area contributed by atoms with Gasteiger partial charge in [0.05, 0.1) is 12.6 Å². The Morgan fingerprint density at radius 1 is 1.00 bits per heavy atom. The molecule has 96 valence electrons. The van der Waals surface area contributed by atoms with E-state index in [0.29, 0.717) is 18.4 Å². The lowest BCUT2D eigenvalue weighted by molar-refractivity contribution is -0.148. The largest absolute Gasteiger partial charge is 0.462 e. The van der Waals surface area contributed by atoms with Crippen molar-refractivity contribution in [2.45, 2.75) is 47.6 Å². The molecule has 0 heterocycles. The van der Waals surface area contributed by atoms with Crippen LogP contribution >= 0.6 is 0 Å². The van der Waals surface area contributed by atoms with E-state index in [9.17, 15) is 4.79 Å². The first-order valence-electron chi connectivity index (χ1n) is 6.23. The van der Waals surface area contributed by atoms with Crippen molar-refractivity contribution in [3.63, 3.8) is 0 Å². The van der Waals surface area contributed by atoms with E-state index in [4.69, 9.17) is 4.74 Å². The first-order chi connectivity index (χ1) is 7.31. The zero-order chi connectivity index (χ0) is 12.7. The van der Waals surface area contributed by atoms with Gasteiger partial charge in [-0.25, -0.2) is 0 Å². The maximum Gasteiger partial charge on any atom is 0.320 e. The van der Waals surface area contributed by atoms with Crippen molar-refractivity contribution < 1.29 is 9.53 Å². The number of ether oxygens (including phenoxy) is 1. The second-order valence-electron chi connectivity index (χ2n) is 5.52. The number of nitrogens with zero attached hydrogens (tertiary/aromatic N) is 1. The second kappa shape index (κ2) is 7.66. The van der Waals surface area contributed by atoms with Crippen LogP contribution in [0, 0.1) is 11.8 Å². The molecule has 0 radical (unpaired) electrons. The van der Waals surface area contributed by atoms with Gasteiger partial charge in [-0.3, -0.25) is 9.69 Å². The molecule has 0 aliphatic rings. The van der Waals surface area contributed by atoms with Gasteiger partial charge in [0.1, 0.15) is 0 Å². The Labute approximate surface area is 100 Å². The van der Waals surface area contributed by atoms with E-state index in [1.165, 1.54) is 0 Å². The average molecular weight is 229 g/mol. The van der Waals surface area contributed by atoms with E-state index in [1.54, 1.807) is 0 Å². The number of hydrogen-bond donors (Lipinski definition) is 0. The molecular formula is C13H27NO2. The average Bonchev–Trinajstić information content (AvgIpc) is 1.97. The highest BCUT2D eigenvalue weighted by atomic mass is 16.5. The number of rotatable bonds is 7. The standard InChI is InChI=1S/C13H27NO2/c1-10(2)7-14(8-11(3)4)9-13(15)16-12(5)6/h10-12H,7-9H2,1-6H3. The molecule has 0 N–H and O–H groups in total. The molecule has 0 aromatic heterocycles. The second-order valence-corrected chi connectivity index (χ2v) is 5.52. The van der Waals surface area contributed by atoms with Crippen LogP contribution in [0.1, 0.15) is 41.5 Å². The molecule has 0 aliphatic carbocycles. The predicted octanol–water partition coefficient (Wildman–Crippen LogP) is 2.55. The molecule has 0 saturated carbocycles. The van der Waals surface area contributed by atoms with Crippen molar-refractivity contribution in [1.82, 2.24) is 4.90 Å². The van der Waals surface area contributed by atoms with Crippen molar-refractivity contribution in [3.8, 4) is 0 Å². The lowest BCUT2D eigenvalue weighted by Crippen LogP contribution is -2.37. The molecule has 0 saturated heterocycles. The first-order valence-corrected chi connectivity index (χ1v) is 6.23. The van der Waals surface area contributed by atoms with Gasteiger partial charge in [-0.2, -0.15) is 0 Å². The van der Waals surface area contributed by atoms with Crippen LogP contribution < -0.4 is 0 Å². The van der Waals surface area contributed by atoms with Crippen LogP contribution in [0.25, 0.3) is 0 Å². The van der Waals surface area contributed by atoms with Gasteiger partial charge in [0, 0.05) is 13.1 Å². The van der Waals surface area contributed by atoms with Crippen LogP contribution in [0.2, 0.25) is 0 Å². The third-order valence-corrected chi connectivity index (χ3v) is 1.97. The van der Waals surface area contributed by atoms with Gasteiger partial charge in [0.25, 0.3) is 0 Å². The molecule has 0 aromatic carbocycles. The molecule has 0 bridgehead atoms. The summed E-state index contributed by atoms with van der Waals surface area (Å²) in [5.41, 5.74) is 0. The fourth-order valence-electron chi connectivity index (χ4n) is 1.72. The zero-order valence-corrected chi connectivity index (χ0v) is 11.6. The van der Waals surface area contributed by atoms with Gasteiger partial charge in [-0.1, -0.05) is 27.7 Å². The minimum Gasteiger partial charge on any atom is -0.462 e. The summed E-state index contributed by atoms with van der Waals surface area (Å²) in [7, 11) is 0. The number of esters is 1. The Morgan fingerprint density at radius 3 is 1.75 bits per heavy atom. The summed E-state index contributed by atoms with van der Waals surface area (Å²) in [6.07, 6.45) is -0.0209. The summed E-state index contributed by atoms with van der Waals surface area (Å²) < 4.78 is 5.16. The summed E-state index contributed by atoms with van der Waals surface area (Å²) >= 11 is 0. The highest BCUT2D eigenvalue weighted by Gasteiger charge is 2.15. The van der Waals surface area contributed by atoms with Gasteiger partial charge < -0.3 is 4.74 Å². The summed E-state index contributed by atoms with van der Waals surface area (Å²) in [6, 6.07) is 0. The summed E-state index contributed by atoms with van der Waals surface area (Å²) in [4.78, 5) is 13.7. The van der Waals surface area contributed by atoms with Gasteiger partial charge in [-0.15, -0.1) is 0 Å². The molecular weight excluding hydrogens is 202 g/mol. The quantitative estimate of drug-likeness (QED) is 0.628. The molecule has 0 aliphatic heterocycles. The summed E-state index contributed by atoms with van der Waals surface area (Å²) in [5, 5.41) is 0. The van der Waals surface area contributed by atoms with Gasteiger partial charge in [0.2, 0.25) is 0 Å². The Morgan fingerprint density at radius 2 is 1.44 bits per heavy atom. The molecule has 0 aromatic rings. The minimum atomic E-state index is -0.115. The predicted molar refractivity (Wildman–Crippen MR) is 67.3 cm³/mol. The Kier molecular flexibility index (Phi) is 7.39. The molecule has 0 rings (SSSR count). The molecule has 0 fully saturated rings. The van der Waals surface area contributed by atoms with Crippen LogP contribution in [-0.2, 0) is 9.53 Å². The molecule has 3 nitrogen and oxygen atoms in total. The van der Waals surface area contributed by atoms with Crippen molar-refractivity contribution >= 4 is 5.97 Å². The number of carbonyl (C=O) groups is 1. The summed E-state index contributed by atoms with van der Waals surface area (Å²) in [6.45, 7) is 14.7. The number of hydrogen-bond acceptors (Lipinski definition) is 3. The topological polar surface area (TPSA) is 29.5 Å². The van der Waals surface area contributed by atoms with Crippen molar-refractivity contribution in [2.75, 3.05) is 19.6 Å². The Balaban J connectivity index is 4.13. The first kappa shape index (κ1) is 15.4. The normalized spacial score (nSPS) is 11.9. The van der Waals surface area contributed by atoms with E-state index < -0.39 is 0 Å². The van der Waals surface area contributed by atoms with E-state index in [1.807, 2.05) is 13.8 Å². The third kappa shape index (κ3) is 8.72. The van der Waals surface area contributed by atoms with E-state index in [2.05, 4.69) is 32.6 Å².